The summed E-state index contributed by atoms with van der Waals surface area (Å²) in [5, 5.41) is 11.2. The van der Waals surface area contributed by atoms with Crippen molar-refractivity contribution in [1.29, 1.82) is 5.26 Å². The van der Waals surface area contributed by atoms with Gasteiger partial charge in [0.2, 0.25) is 0 Å². The highest BCUT2D eigenvalue weighted by atomic mass is 32.2. The lowest BCUT2D eigenvalue weighted by Gasteiger charge is -2.11. The van der Waals surface area contributed by atoms with Crippen LogP contribution >= 0.6 is 11.8 Å². The summed E-state index contributed by atoms with van der Waals surface area (Å²) >= 11 is 1.51. The van der Waals surface area contributed by atoms with E-state index in [0.717, 1.165) is 27.3 Å². The highest BCUT2D eigenvalue weighted by molar-refractivity contribution is 8.00. The minimum atomic E-state index is -0.167. The molecule has 0 amide bonds. The summed E-state index contributed by atoms with van der Waals surface area (Å²) < 4.78 is 0. The second kappa shape index (κ2) is 6.59. The molecule has 3 rings (SSSR count). The standard InChI is InChI=1S/C18H15N3S/c1-13-20-17-10-6-5-9-16(17)18(21-13)22-15(12-19)11-14-7-3-2-4-8-14/h2-10,15H,11H2,1H3/t15-/m1/s1. The van der Waals surface area contributed by atoms with Crippen LogP contribution in [-0.2, 0) is 6.42 Å². The molecule has 0 saturated heterocycles. The van der Waals surface area contributed by atoms with Crippen LogP contribution in [0.5, 0.6) is 0 Å². The van der Waals surface area contributed by atoms with Crippen molar-refractivity contribution in [3.05, 3.63) is 66.0 Å². The molecule has 1 aromatic heterocycles. The second-order valence-corrected chi connectivity index (χ2v) is 6.21. The Morgan fingerprint density at radius 1 is 1.05 bits per heavy atom. The Hall–Kier alpha value is -2.38. The third kappa shape index (κ3) is 3.26. The third-order valence-electron chi connectivity index (χ3n) is 3.34. The normalized spacial score (nSPS) is 12.0. The molecule has 0 unspecified atom stereocenters. The molecule has 0 aliphatic rings. The lowest BCUT2D eigenvalue weighted by atomic mass is 10.1. The SMILES string of the molecule is Cc1nc(S[C@@H](C#N)Cc2ccccc2)c2ccccc2n1. The van der Waals surface area contributed by atoms with Gasteiger partial charge in [-0.05, 0) is 25.0 Å². The lowest BCUT2D eigenvalue weighted by molar-refractivity contribution is 0.987. The fraction of sp³-hybridized carbons (Fsp3) is 0.167. The smallest absolute Gasteiger partial charge is 0.127 e. The first kappa shape index (κ1) is 14.6. The summed E-state index contributed by atoms with van der Waals surface area (Å²) in [7, 11) is 0. The maximum Gasteiger partial charge on any atom is 0.127 e. The number of fused-ring (bicyclic) bond motifs is 1. The number of aryl methyl sites for hydroxylation is 1. The Morgan fingerprint density at radius 3 is 2.55 bits per heavy atom. The molecule has 0 aliphatic carbocycles. The van der Waals surface area contributed by atoms with E-state index in [2.05, 4.69) is 16.0 Å². The summed E-state index contributed by atoms with van der Waals surface area (Å²) in [5.41, 5.74) is 2.09. The molecule has 1 heterocycles. The van der Waals surface area contributed by atoms with E-state index in [1.54, 1.807) is 0 Å². The second-order valence-electron chi connectivity index (χ2n) is 5.02. The van der Waals surface area contributed by atoms with Gasteiger partial charge in [-0.15, -0.1) is 0 Å². The molecule has 3 nitrogen and oxygen atoms in total. The van der Waals surface area contributed by atoms with Gasteiger partial charge in [-0.2, -0.15) is 5.26 Å². The van der Waals surface area contributed by atoms with E-state index < -0.39 is 0 Å². The molecule has 4 heteroatoms. The molecule has 108 valence electrons. The van der Waals surface area contributed by atoms with Crippen LogP contribution in [-0.4, -0.2) is 15.2 Å². The van der Waals surface area contributed by atoms with E-state index in [9.17, 15) is 5.26 Å². The Labute approximate surface area is 134 Å². The zero-order valence-electron chi connectivity index (χ0n) is 12.2. The maximum atomic E-state index is 9.48. The van der Waals surface area contributed by atoms with Gasteiger partial charge in [0, 0.05) is 5.39 Å². The predicted octanol–water partition coefficient (Wildman–Crippen LogP) is 4.17. The van der Waals surface area contributed by atoms with Crippen LogP contribution in [0, 0.1) is 18.3 Å². The van der Waals surface area contributed by atoms with Crippen molar-refractivity contribution in [1.82, 2.24) is 9.97 Å². The Kier molecular flexibility index (Phi) is 4.36. The average Bonchev–Trinajstić information content (AvgIpc) is 2.55. The van der Waals surface area contributed by atoms with Crippen molar-refractivity contribution in [3.8, 4) is 6.07 Å². The molecule has 2 aromatic carbocycles. The van der Waals surface area contributed by atoms with Gasteiger partial charge in [0.25, 0.3) is 0 Å². The summed E-state index contributed by atoms with van der Waals surface area (Å²) in [4.78, 5) is 8.98. The van der Waals surface area contributed by atoms with Gasteiger partial charge in [0.05, 0.1) is 11.6 Å². The van der Waals surface area contributed by atoms with Crippen LogP contribution < -0.4 is 0 Å². The van der Waals surface area contributed by atoms with Crippen molar-refractivity contribution in [2.45, 2.75) is 23.6 Å². The minimum Gasteiger partial charge on any atom is -0.233 e. The number of rotatable bonds is 4. The highest BCUT2D eigenvalue weighted by Crippen LogP contribution is 2.29. The van der Waals surface area contributed by atoms with Crippen molar-refractivity contribution >= 4 is 22.7 Å². The number of hydrogen-bond donors (Lipinski definition) is 0. The summed E-state index contributed by atoms with van der Waals surface area (Å²) in [6.45, 7) is 1.88. The van der Waals surface area contributed by atoms with Gasteiger partial charge >= 0.3 is 0 Å². The topological polar surface area (TPSA) is 49.6 Å². The largest absolute Gasteiger partial charge is 0.233 e. The number of aromatic nitrogens is 2. The Balaban J connectivity index is 1.90. The molecular formula is C18H15N3S. The number of nitrogens with zero attached hydrogens (tertiary/aromatic N) is 3. The van der Waals surface area contributed by atoms with Gasteiger partial charge in [-0.1, -0.05) is 60.3 Å². The number of benzene rings is 2. The Bertz CT molecular complexity index is 825. The van der Waals surface area contributed by atoms with E-state index in [1.165, 1.54) is 11.8 Å². The van der Waals surface area contributed by atoms with Crippen LogP contribution in [0.25, 0.3) is 10.9 Å². The molecular weight excluding hydrogens is 290 g/mol. The van der Waals surface area contributed by atoms with Gasteiger partial charge in [0.1, 0.15) is 16.1 Å². The van der Waals surface area contributed by atoms with Crippen LogP contribution in [0.2, 0.25) is 0 Å². The number of hydrogen-bond acceptors (Lipinski definition) is 4. The molecule has 0 radical (unpaired) electrons. The molecule has 22 heavy (non-hydrogen) atoms. The fourth-order valence-corrected chi connectivity index (χ4v) is 3.41. The zero-order valence-corrected chi connectivity index (χ0v) is 13.0. The maximum absolute atomic E-state index is 9.48. The van der Waals surface area contributed by atoms with Crippen LogP contribution in [0.1, 0.15) is 11.4 Å². The highest BCUT2D eigenvalue weighted by Gasteiger charge is 2.14. The number of nitriles is 1. The molecule has 0 fully saturated rings. The molecule has 3 aromatic rings. The third-order valence-corrected chi connectivity index (χ3v) is 4.43. The fourth-order valence-electron chi connectivity index (χ4n) is 2.32. The van der Waals surface area contributed by atoms with Gasteiger partial charge < -0.3 is 0 Å². The van der Waals surface area contributed by atoms with Crippen molar-refractivity contribution < 1.29 is 0 Å². The molecule has 0 N–H and O–H groups in total. The van der Waals surface area contributed by atoms with E-state index in [-0.39, 0.29) is 5.25 Å². The monoisotopic (exact) mass is 305 g/mol. The van der Waals surface area contributed by atoms with Crippen LogP contribution in [0.3, 0.4) is 0 Å². The first-order valence-electron chi connectivity index (χ1n) is 7.10. The van der Waals surface area contributed by atoms with Gasteiger partial charge in [0.15, 0.2) is 0 Å². The van der Waals surface area contributed by atoms with Crippen LogP contribution in [0.15, 0.2) is 59.6 Å². The van der Waals surface area contributed by atoms with Gasteiger partial charge in [-0.3, -0.25) is 0 Å². The van der Waals surface area contributed by atoms with Crippen molar-refractivity contribution in [3.63, 3.8) is 0 Å². The van der Waals surface area contributed by atoms with Crippen molar-refractivity contribution in [2.75, 3.05) is 0 Å². The van der Waals surface area contributed by atoms with Gasteiger partial charge in [-0.25, -0.2) is 9.97 Å². The van der Waals surface area contributed by atoms with E-state index in [4.69, 9.17) is 0 Å². The van der Waals surface area contributed by atoms with Crippen molar-refractivity contribution in [2.24, 2.45) is 0 Å². The van der Waals surface area contributed by atoms with E-state index in [1.807, 2.05) is 61.5 Å². The lowest BCUT2D eigenvalue weighted by Crippen LogP contribution is -2.05. The zero-order chi connectivity index (χ0) is 15.4. The molecule has 0 bridgehead atoms. The summed E-state index contributed by atoms with van der Waals surface area (Å²) in [6.07, 6.45) is 0.708. The predicted molar refractivity (Wildman–Crippen MR) is 89.7 cm³/mol. The van der Waals surface area contributed by atoms with E-state index in [0.29, 0.717) is 6.42 Å². The molecule has 1 atom stereocenters. The summed E-state index contributed by atoms with van der Waals surface area (Å²) in [6, 6.07) is 20.4. The Morgan fingerprint density at radius 2 is 1.77 bits per heavy atom. The molecule has 0 spiro atoms. The minimum absolute atomic E-state index is 0.167. The van der Waals surface area contributed by atoms with Crippen LogP contribution in [0.4, 0.5) is 0 Å². The van der Waals surface area contributed by atoms with E-state index >= 15 is 0 Å². The first-order valence-corrected chi connectivity index (χ1v) is 7.98. The first-order chi connectivity index (χ1) is 10.8. The number of para-hydroxylation sites is 1. The number of thioether (sulfide) groups is 1. The quantitative estimate of drug-likeness (QED) is 0.536. The summed E-state index contributed by atoms with van der Waals surface area (Å²) in [5.74, 6) is 0.734. The average molecular weight is 305 g/mol. The molecule has 0 aliphatic heterocycles. The molecule has 0 saturated carbocycles.